The molecule has 1 fully saturated rings. The Hall–Kier alpha value is -2.60. The van der Waals surface area contributed by atoms with E-state index >= 15 is 0 Å². The number of rotatable bonds is 7. The van der Waals surface area contributed by atoms with Gasteiger partial charge in [-0.05, 0) is 36.4 Å². The fraction of sp³-hybridized carbons (Fsp3) is 0.316. The molecular formula is C19H20ClN3O3. The molecule has 26 heavy (non-hydrogen) atoms. The molecule has 1 aromatic carbocycles. The predicted molar refractivity (Wildman–Crippen MR) is 97.7 cm³/mol. The highest BCUT2D eigenvalue weighted by atomic mass is 35.5. The Kier molecular flexibility index (Phi) is 6.07. The number of amides is 2. The summed E-state index contributed by atoms with van der Waals surface area (Å²) < 4.78 is 5.54. The topological polar surface area (TPSA) is 71.5 Å². The van der Waals surface area contributed by atoms with Crippen LogP contribution >= 0.6 is 11.6 Å². The second-order valence-electron chi connectivity index (χ2n) is 6.09. The lowest BCUT2D eigenvalue weighted by Crippen LogP contribution is -2.35. The molecule has 0 aliphatic carbocycles. The third-order valence-corrected chi connectivity index (χ3v) is 4.40. The van der Waals surface area contributed by atoms with Gasteiger partial charge < -0.3 is 15.0 Å². The highest BCUT2D eigenvalue weighted by Crippen LogP contribution is 2.20. The number of nitrogens with one attached hydrogen (secondary N) is 1. The van der Waals surface area contributed by atoms with E-state index < -0.39 is 0 Å². The van der Waals surface area contributed by atoms with Crippen molar-refractivity contribution >= 4 is 23.4 Å². The van der Waals surface area contributed by atoms with Gasteiger partial charge in [0.15, 0.2) is 0 Å². The smallest absolute Gasteiger partial charge is 0.225 e. The second-order valence-corrected chi connectivity index (χ2v) is 6.53. The number of hydrogen-bond donors (Lipinski definition) is 1. The average Bonchev–Trinajstić information content (AvgIpc) is 3.01. The Morgan fingerprint density at radius 1 is 1.27 bits per heavy atom. The first-order valence-corrected chi connectivity index (χ1v) is 8.83. The molecule has 2 amide bonds. The Balaban J connectivity index is 1.41. The standard InChI is InChI=1S/C19H20ClN3O3/c20-15-4-6-17(7-5-15)26-10-9-22-19(25)14-11-18(24)23(12-14)13-16-3-1-2-8-21-16/h1-8,14H,9-13H2,(H,22,25)/t14-/m1/s1. The summed E-state index contributed by atoms with van der Waals surface area (Å²) in [6.07, 6.45) is 1.93. The molecule has 0 bridgehead atoms. The van der Waals surface area contributed by atoms with E-state index in [0.717, 1.165) is 5.69 Å². The monoisotopic (exact) mass is 373 g/mol. The average molecular weight is 374 g/mol. The fourth-order valence-electron chi connectivity index (χ4n) is 2.81. The molecule has 0 radical (unpaired) electrons. The molecule has 0 unspecified atom stereocenters. The van der Waals surface area contributed by atoms with E-state index in [1.165, 1.54) is 0 Å². The number of pyridine rings is 1. The van der Waals surface area contributed by atoms with E-state index in [0.29, 0.717) is 37.0 Å². The number of benzene rings is 1. The van der Waals surface area contributed by atoms with Crippen molar-refractivity contribution in [2.45, 2.75) is 13.0 Å². The third-order valence-electron chi connectivity index (χ3n) is 4.15. The Morgan fingerprint density at radius 3 is 2.81 bits per heavy atom. The van der Waals surface area contributed by atoms with Crippen LogP contribution in [0.4, 0.5) is 0 Å². The molecule has 2 aromatic rings. The molecule has 1 aliphatic rings. The van der Waals surface area contributed by atoms with E-state index in [2.05, 4.69) is 10.3 Å². The molecular weight excluding hydrogens is 354 g/mol. The maximum atomic E-state index is 12.3. The molecule has 2 heterocycles. The summed E-state index contributed by atoms with van der Waals surface area (Å²) in [6, 6.07) is 12.6. The van der Waals surface area contributed by atoms with Crippen LogP contribution in [0.25, 0.3) is 0 Å². The van der Waals surface area contributed by atoms with Crippen molar-refractivity contribution in [1.29, 1.82) is 0 Å². The highest BCUT2D eigenvalue weighted by molar-refractivity contribution is 6.30. The largest absolute Gasteiger partial charge is 0.492 e. The summed E-state index contributed by atoms with van der Waals surface area (Å²) in [5, 5.41) is 3.47. The first kappa shape index (κ1) is 18.2. The van der Waals surface area contributed by atoms with Gasteiger partial charge in [-0.1, -0.05) is 17.7 Å². The number of aromatic nitrogens is 1. The zero-order valence-corrected chi connectivity index (χ0v) is 15.0. The van der Waals surface area contributed by atoms with Gasteiger partial charge in [0.2, 0.25) is 11.8 Å². The second kappa shape index (κ2) is 8.67. The lowest BCUT2D eigenvalue weighted by atomic mass is 10.1. The van der Waals surface area contributed by atoms with Gasteiger partial charge in [-0.3, -0.25) is 14.6 Å². The van der Waals surface area contributed by atoms with Gasteiger partial charge in [-0.25, -0.2) is 0 Å². The maximum absolute atomic E-state index is 12.3. The van der Waals surface area contributed by atoms with Crippen molar-refractivity contribution in [3.8, 4) is 5.75 Å². The van der Waals surface area contributed by atoms with Crippen LogP contribution < -0.4 is 10.1 Å². The SMILES string of the molecule is O=C(NCCOc1ccc(Cl)cc1)[C@@H]1CC(=O)N(Cc2ccccn2)C1. The molecule has 136 valence electrons. The lowest BCUT2D eigenvalue weighted by molar-refractivity contribution is -0.129. The maximum Gasteiger partial charge on any atom is 0.225 e. The lowest BCUT2D eigenvalue weighted by Gasteiger charge is -2.16. The van der Waals surface area contributed by atoms with Gasteiger partial charge in [0.25, 0.3) is 0 Å². The molecule has 3 rings (SSSR count). The van der Waals surface area contributed by atoms with E-state index in [4.69, 9.17) is 16.3 Å². The molecule has 1 aromatic heterocycles. The van der Waals surface area contributed by atoms with E-state index in [-0.39, 0.29) is 24.2 Å². The van der Waals surface area contributed by atoms with Crippen LogP contribution in [-0.2, 0) is 16.1 Å². The van der Waals surface area contributed by atoms with E-state index in [1.54, 1.807) is 35.4 Å². The summed E-state index contributed by atoms with van der Waals surface area (Å²) in [6.45, 7) is 1.58. The van der Waals surface area contributed by atoms with Crippen molar-refractivity contribution in [2.24, 2.45) is 5.92 Å². The highest BCUT2D eigenvalue weighted by Gasteiger charge is 2.34. The van der Waals surface area contributed by atoms with Gasteiger partial charge in [-0.15, -0.1) is 0 Å². The number of halogens is 1. The van der Waals surface area contributed by atoms with Crippen LogP contribution in [-0.4, -0.2) is 41.4 Å². The van der Waals surface area contributed by atoms with Gasteiger partial charge in [0.1, 0.15) is 12.4 Å². The van der Waals surface area contributed by atoms with Crippen LogP contribution in [0.3, 0.4) is 0 Å². The predicted octanol–water partition coefficient (Wildman–Crippen LogP) is 2.28. The van der Waals surface area contributed by atoms with E-state index in [9.17, 15) is 9.59 Å². The normalized spacial score (nSPS) is 16.6. The van der Waals surface area contributed by atoms with Crippen molar-refractivity contribution in [3.05, 3.63) is 59.4 Å². The van der Waals surface area contributed by atoms with Crippen molar-refractivity contribution < 1.29 is 14.3 Å². The number of nitrogens with zero attached hydrogens (tertiary/aromatic N) is 2. The zero-order chi connectivity index (χ0) is 18.4. The van der Waals surface area contributed by atoms with Crippen LogP contribution in [0.1, 0.15) is 12.1 Å². The van der Waals surface area contributed by atoms with Crippen LogP contribution in [0.5, 0.6) is 5.75 Å². The van der Waals surface area contributed by atoms with Gasteiger partial charge in [0.05, 0.1) is 24.7 Å². The van der Waals surface area contributed by atoms with Crippen molar-refractivity contribution in [1.82, 2.24) is 15.2 Å². The Bertz CT molecular complexity index is 752. The van der Waals surface area contributed by atoms with Gasteiger partial charge in [-0.2, -0.15) is 0 Å². The number of ether oxygens (including phenoxy) is 1. The first-order valence-electron chi connectivity index (χ1n) is 8.45. The molecule has 0 saturated carbocycles. The fourth-order valence-corrected chi connectivity index (χ4v) is 2.93. The number of hydrogen-bond acceptors (Lipinski definition) is 4. The minimum absolute atomic E-state index is 0.0202. The Labute approximate surface area is 157 Å². The summed E-state index contributed by atoms with van der Waals surface area (Å²) in [4.78, 5) is 30.3. The van der Waals surface area contributed by atoms with Crippen LogP contribution in [0.2, 0.25) is 5.02 Å². The molecule has 1 atom stereocenters. The van der Waals surface area contributed by atoms with Gasteiger partial charge >= 0.3 is 0 Å². The molecule has 7 heteroatoms. The summed E-state index contributed by atoms with van der Waals surface area (Å²) in [5.74, 6) is 0.220. The third kappa shape index (κ3) is 4.95. The Morgan fingerprint density at radius 2 is 2.08 bits per heavy atom. The number of carbonyl (C=O) groups excluding carboxylic acids is 2. The van der Waals surface area contributed by atoms with Crippen LogP contribution in [0.15, 0.2) is 48.7 Å². The molecule has 1 N–H and O–H groups in total. The molecule has 0 spiro atoms. The number of likely N-dealkylation sites (tertiary alicyclic amines) is 1. The molecule has 1 saturated heterocycles. The van der Waals surface area contributed by atoms with Crippen molar-refractivity contribution in [2.75, 3.05) is 19.7 Å². The zero-order valence-electron chi connectivity index (χ0n) is 14.2. The van der Waals surface area contributed by atoms with Gasteiger partial charge in [0, 0.05) is 24.2 Å². The molecule has 6 nitrogen and oxygen atoms in total. The summed E-state index contributed by atoms with van der Waals surface area (Å²) in [7, 11) is 0. The minimum atomic E-state index is -0.332. The summed E-state index contributed by atoms with van der Waals surface area (Å²) >= 11 is 5.81. The van der Waals surface area contributed by atoms with Crippen molar-refractivity contribution in [3.63, 3.8) is 0 Å². The van der Waals surface area contributed by atoms with E-state index in [1.807, 2.05) is 18.2 Å². The van der Waals surface area contributed by atoms with Crippen LogP contribution in [0, 0.1) is 5.92 Å². The quantitative estimate of drug-likeness (QED) is 0.756. The minimum Gasteiger partial charge on any atom is -0.492 e. The summed E-state index contributed by atoms with van der Waals surface area (Å²) in [5.41, 5.74) is 0.818. The molecule has 1 aliphatic heterocycles. The first-order chi connectivity index (χ1) is 12.6. The number of carbonyl (C=O) groups is 2.